The highest BCUT2D eigenvalue weighted by Gasteiger charge is 2.23. The number of hydrogen-bond donors (Lipinski definition) is 1. The monoisotopic (exact) mass is 474 g/mol. The lowest BCUT2D eigenvalue weighted by atomic mass is 9.97. The van der Waals surface area contributed by atoms with Crippen molar-refractivity contribution in [3.63, 3.8) is 0 Å². The van der Waals surface area contributed by atoms with Crippen molar-refractivity contribution in [2.75, 3.05) is 38.2 Å². The fraction of sp³-hybridized carbons (Fsp3) is 0.250. The molecule has 1 aliphatic heterocycles. The molecule has 1 N–H and O–H groups in total. The first-order valence-corrected chi connectivity index (χ1v) is 11.6. The molecular weight excluding hydrogens is 447 g/mol. The summed E-state index contributed by atoms with van der Waals surface area (Å²) in [6.07, 6.45) is 0. The maximum Gasteiger partial charge on any atom is 0.344 e. The van der Waals surface area contributed by atoms with Crippen molar-refractivity contribution in [1.82, 2.24) is 4.90 Å². The van der Waals surface area contributed by atoms with Gasteiger partial charge in [-0.15, -0.1) is 0 Å². The average Bonchev–Trinajstić information content (AvgIpc) is 2.87. The minimum Gasteiger partial charge on any atom is -0.507 e. The number of anilines is 1. The summed E-state index contributed by atoms with van der Waals surface area (Å²) in [5.74, 6) is 0.574. The molecule has 1 aliphatic rings. The summed E-state index contributed by atoms with van der Waals surface area (Å²) in [6, 6.07) is 17.5. The Bertz CT molecular complexity index is 1420. The van der Waals surface area contributed by atoms with Crippen molar-refractivity contribution in [3.8, 4) is 22.6 Å². The van der Waals surface area contributed by atoms with E-state index in [1.807, 2.05) is 42.2 Å². The zero-order valence-corrected chi connectivity index (χ0v) is 19.8. The summed E-state index contributed by atoms with van der Waals surface area (Å²) in [4.78, 5) is 17.3. The van der Waals surface area contributed by atoms with Crippen molar-refractivity contribution in [2.45, 2.75) is 13.5 Å². The molecule has 1 aromatic heterocycles. The molecule has 0 aliphatic carbocycles. The molecule has 180 valence electrons. The fourth-order valence-electron chi connectivity index (χ4n) is 4.78. The summed E-state index contributed by atoms with van der Waals surface area (Å²) >= 11 is 0. The molecule has 0 amide bonds. The van der Waals surface area contributed by atoms with E-state index in [1.54, 1.807) is 31.4 Å². The number of ether oxygens (including phenoxy) is 1. The number of piperazine rings is 1. The van der Waals surface area contributed by atoms with Crippen molar-refractivity contribution in [3.05, 3.63) is 88.0 Å². The molecule has 35 heavy (non-hydrogen) atoms. The summed E-state index contributed by atoms with van der Waals surface area (Å²) in [6.45, 7) is 5.04. The number of benzene rings is 3. The van der Waals surface area contributed by atoms with Crippen LogP contribution in [0.5, 0.6) is 11.5 Å². The van der Waals surface area contributed by atoms with Gasteiger partial charge < -0.3 is 19.2 Å². The molecule has 0 spiro atoms. The number of hydrogen-bond acceptors (Lipinski definition) is 6. The van der Waals surface area contributed by atoms with Crippen molar-refractivity contribution >= 4 is 16.7 Å². The van der Waals surface area contributed by atoms with E-state index in [9.17, 15) is 14.3 Å². The summed E-state index contributed by atoms with van der Waals surface area (Å²) in [5, 5.41) is 11.5. The van der Waals surface area contributed by atoms with Gasteiger partial charge in [0.25, 0.3) is 0 Å². The van der Waals surface area contributed by atoms with Gasteiger partial charge in [0.1, 0.15) is 22.9 Å². The standard InChI is InChI=1S/C28H27FN2O4/c1-18-21-11-12-25(32)22(17-30-13-15-31(16-14-30)24-6-4-3-5-23(24)29)27(21)35-28(33)26(18)19-7-9-20(34-2)10-8-19/h3-12,32H,13-17H2,1-2H3. The summed E-state index contributed by atoms with van der Waals surface area (Å²) < 4.78 is 25.2. The molecule has 5 rings (SSSR count). The number of para-hydroxylation sites is 1. The van der Waals surface area contributed by atoms with Gasteiger partial charge in [-0.05, 0) is 54.4 Å². The van der Waals surface area contributed by atoms with Crippen LogP contribution in [-0.2, 0) is 6.54 Å². The molecule has 0 unspecified atom stereocenters. The number of fused-ring (bicyclic) bond motifs is 1. The number of phenolic OH excluding ortho intramolecular Hbond substituents is 1. The molecule has 4 aromatic rings. The van der Waals surface area contributed by atoms with Crippen LogP contribution in [-0.4, -0.2) is 43.3 Å². The quantitative estimate of drug-likeness (QED) is 0.413. The lowest BCUT2D eigenvalue weighted by molar-refractivity contribution is 0.246. The topological polar surface area (TPSA) is 66.2 Å². The molecule has 1 fully saturated rings. The van der Waals surface area contributed by atoms with Crippen LogP contribution in [0, 0.1) is 12.7 Å². The predicted octanol–water partition coefficient (Wildman–Crippen LogP) is 4.94. The number of aromatic hydroxyl groups is 1. The molecule has 6 nitrogen and oxygen atoms in total. The van der Waals surface area contributed by atoms with Crippen LogP contribution in [0.2, 0.25) is 0 Å². The molecule has 3 aromatic carbocycles. The molecule has 0 saturated carbocycles. The van der Waals surface area contributed by atoms with E-state index in [-0.39, 0.29) is 11.6 Å². The highest BCUT2D eigenvalue weighted by molar-refractivity contribution is 5.90. The van der Waals surface area contributed by atoms with Gasteiger partial charge in [-0.1, -0.05) is 24.3 Å². The van der Waals surface area contributed by atoms with Crippen molar-refractivity contribution < 1.29 is 18.7 Å². The van der Waals surface area contributed by atoms with Gasteiger partial charge in [-0.25, -0.2) is 9.18 Å². The average molecular weight is 475 g/mol. The van der Waals surface area contributed by atoms with Gasteiger partial charge in [-0.3, -0.25) is 4.90 Å². The van der Waals surface area contributed by atoms with Crippen LogP contribution < -0.4 is 15.3 Å². The first kappa shape index (κ1) is 22.9. The van der Waals surface area contributed by atoms with Crippen LogP contribution in [0.1, 0.15) is 11.1 Å². The number of rotatable bonds is 5. The second-order valence-electron chi connectivity index (χ2n) is 8.77. The molecule has 0 bridgehead atoms. The smallest absolute Gasteiger partial charge is 0.344 e. The summed E-state index contributed by atoms with van der Waals surface area (Å²) in [5.41, 5.74) is 3.19. The second-order valence-corrected chi connectivity index (χ2v) is 8.77. The van der Waals surface area contributed by atoms with E-state index in [1.165, 1.54) is 6.07 Å². The minimum absolute atomic E-state index is 0.0915. The van der Waals surface area contributed by atoms with Gasteiger partial charge in [0.2, 0.25) is 0 Å². The highest BCUT2D eigenvalue weighted by atomic mass is 19.1. The Morgan fingerprint density at radius 3 is 2.40 bits per heavy atom. The summed E-state index contributed by atoms with van der Waals surface area (Å²) in [7, 11) is 1.60. The van der Waals surface area contributed by atoms with Crippen LogP contribution in [0.25, 0.3) is 22.1 Å². The van der Waals surface area contributed by atoms with Crippen LogP contribution in [0.4, 0.5) is 10.1 Å². The number of phenols is 1. The Morgan fingerprint density at radius 2 is 1.71 bits per heavy atom. The Morgan fingerprint density at radius 1 is 1.00 bits per heavy atom. The van der Waals surface area contributed by atoms with E-state index < -0.39 is 5.63 Å². The Balaban J connectivity index is 1.43. The Kier molecular flexibility index (Phi) is 6.17. The third-order valence-electron chi connectivity index (χ3n) is 6.74. The number of methoxy groups -OCH3 is 1. The van der Waals surface area contributed by atoms with Gasteiger partial charge in [0.05, 0.1) is 23.9 Å². The lowest BCUT2D eigenvalue weighted by Gasteiger charge is -2.36. The first-order valence-electron chi connectivity index (χ1n) is 11.6. The fourth-order valence-corrected chi connectivity index (χ4v) is 4.78. The van der Waals surface area contributed by atoms with Gasteiger partial charge >= 0.3 is 5.63 Å². The van der Waals surface area contributed by atoms with Gasteiger partial charge in [0.15, 0.2) is 0 Å². The van der Waals surface area contributed by atoms with Crippen molar-refractivity contribution in [1.29, 1.82) is 0 Å². The Labute approximate surface area is 202 Å². The number of nitrogens with zero attached hydrogens (tertiary/aromatic N) is 2. The molecule has 0 radical (unpaired) electrons. The van der Waals surface area contributed by atoms with Crippen LogP contribution in [0.3, 0.4) is 0 Å². The Hall–Kier alpha value is -3.84. The SMILES string of the molecule is COc1ccc(-c2c(C)c3ccc(O)c(CN4CCN(c5ccccc5F)CC4)c3oc2=O)cc1. The molecule has 1 saturated heterocycles. The third-order valence-corrected chi connectivity index (χ3v) is 6.74. The highest BCUT2D eigenvalue weighted by Crippen LogP contribution is 2.34. The zero-order chi connectivity index (χ0) is 24.5. The predicted molar refractivity (Wildman–Crippen MR) is 135 cm³/mol. The third kappa shape index (κ3) is 4.35. The van der Waals surface area contributed by atoms with Gasteiger partial charge in [0, 0.05) is 38.1 Å². The van der Waals surface area contributed by atoms with Crippen LogP contribution >= 0.6 is 0 Å². The van der Waals surface area contributed by atoms with E-state index >= 15 is 0 Å². The maximum atomic E-state index is 14.2. The zero-order valence-electron chi connectivity index (χ0n) is 19.8. The van der Waals surface area contributed by atoms with Gasteiger partial charge in [-0.2, -0.15) is 0 Å². The van der Waals surface area contributed by atoms with E-state index in [0.717, 1.165) is 16.5 Å². The normalized spacial score (nSPS) is 14.4. The molecule has 2 heterocycles. The van der Waals surface area contributed by atoms with E-state index in [4.69, 9.17) is 9.15 Å². The first-order chi connectivity index (χ1) is 17.0. The van der Waals surface area contributed by atoms with Crippen LogP contribution in [0.15, 0.2) is 69.9 Å². The van der Waals surface area contributed by atoms with E-state index in [2.05, 4.69) is 4.90 Å². The molecule has 0 atom stereocenters. The largest absolute Gasteiger partial charge is 0.507 e. The maximum absolute atomic E-state index is 14.2. The lowest BCUT2D eigenvalue weighted by Crippen LogP contribution is -2.46. The second kappa shape index (κ2) is 9.43. The molecule has 7 heteroatoms. The van der Waals surface area contributed by atoms with Crippen molar-refractivity contribution in [2.24, 2.45) is 0 Å². The minimum atomic E-state index is -0.448. The number of halogens is 1. The molecular formula is C28H27FN2O4. The van der Waals surface area contributed by atoms with E-state index in [0.29, 0.717) is 60.9 Å². The number of aryl methyl sites for hydroxylation is 1.